The van der Waals surface area contributed by atoms with Crippen molar-refractivity contribution in [1.82, 2.24) is 0 Å². The summed E-state index contributed by atoms with van der Waals surface area (Å²) in [5.41, 5.74) is 4.44. The highest BCUT2D eigenvalue weighted by Crippen LogP contribution is 2.26. The van der Waals surface area contributed by atoms with Gasteiger partial charge >= 0.3 is 0 Å². The number of carbonyl (C=O) groups excluding carboxylic acids is 1. The van der Waals surface area contributed by atoms with Gasteiger partial charge in [0.1, 0.15) is 0 Å². The summed E-state index contributed by atoms with van der Waals surface area (Å²) < 4.78 is 0. The number of hydrogen-bond donors (Lipinski definition) is 1. The standard InChI is InChI=1S/C19H23N3O/c1-21(2)17-11-9-16(10-12-17)20-14-19(23)22-13-5-7-15-6-3-4-8-18(15)22/h3-4,6,8-12,20H,5,7,13-14H2,1-2H3. The Balaban J connectivity index is 1.64. The van der Waals surface area contributed by atoms with Gasteiger partial charge in [0.05, 0.1) is 6.54 Å². The number of anilines is 3. The van der Waals surface area contributed by atoms with Gasteiger partial charge in [-0.15, -0.1) is 0 Å². The minimum atomic E-state index is 0.119. The third kappa shape index (κ3) is 3.47. The SMILES string of the molecule is CN(C)c1ccc(NCC(=O)N2CCCc3ccccc32)cc1. The Kier molecular flexibility index (Phi) is 4.51. The van der Waals surface area contributed by atoms with Crippen LogP contribution in [0.15, 0.2) is 48.5 Å². The first-order chi connectivity index (χ1) is 11.1. The molecule has 1 aliphatic heterocycles. The van der Waals surface area contributed by atoms with Crippen LogP contribution in [0.2, 0.25) is 0 Å². The highest BCUT2D eigenvalue weighted by atomic mass is 16.2. The molecule has 0 atom stereocenters. The number of aryl methyl sites for hydroxylation is 1. The Morgan fingerprint density at radius 1 is 1.13 bits per heavy atom. The molecule has 120 valence electrons. The maximum Gasteiger partial charge on any atom is 0.246 e. The van der Waals surface area contributed by atoms with Crippen LogP contribution in [-0.2, 0) is 11.2 Å². The van der Waals surface area contributed by atoms with Crippen LogP contribution in [0.1, 0.15) is 12.0 Å². The average molecular weight is 309 g/mol. The van der Waals surface area contributed by atoms with Gasteiger partial charge in [0.15, 0.2) is 0 Å². The molecule has 1 amide bonds. The molecule has 1 heterocycles. The third-order valence-corrected chi connectivity index (χ3v) is 4.24. The van der Waals surface area contributed by atoms with Crippen molar-refractivity contribution in [3.63, 3.8) is 0 Å². The average Bonchev–Trinajstić information content (AvgIpc) is 2.59. The summed E-state index contributed by atoms with van der Waals surface area (Å²) in [7, 11) is 4.03. The minimum Gasteiger partial charge on any atom is -0.378 e. The molecular weight excluding hydrogens is 286 g/mol. The molecule has 4 heteroatoms. The molecule has 0 saturated heterocycles. The number of nitrogens with one attached hydrogen (secondary N) is 1. The number of amides is 1. The van der Waals surface area contributed by atoms with E-state index in [-0.39, 0.29) is 5.91 Å². The van der Waals surface area contributed by atoms with Gasteiger partial charge < -0.3 is 15.1 Å². The van der Waals surface area contributed by atoms with E-state index in [1.165, 1.54) is 5.56 Å². The zero-order chi connectivity index (χ0) is 16.2. The number of fused-ring (bicyclic) bond motifs is 1. The Hall–Kier alpha value is -2.49. The van der Waals surface area contributed by atoms with Gasteiger partial charge in [0.2, 0.25) is 5.91 Å². The van der Waals surface area contributed by atoms with Crippen molar-refractivity contribution in [3.05, 3.63) is 54.1 Å². The maximum atomic E-state index is 12.6. The lowest BCUT2D eigenvalue weighted by Gasteiger charge is -2.29. The largest absolute Gasteiger partial charge is 0.378 e. The van der Waals surface area contributed by atoms with Crippen molar-refractivity contribution in [2.24, 2.45) is 0 Å². The molecule has 0 bridgehead atoms. The van der Waals surface area contributed by atoms with Crippen LogP contribution >= 0.6 is 0 Å². The van der Waals surface area contributed by atoms with Gasteiger partial charge in [-0.1, -0.05) is 18.2 Å². The zero-order valence-electron chi connectivity index (χ0n) is 13.7. The third-order valence-electron chi connectivity index (χ3n) is 4.24. The summed E-state index contributed by atoms with van der Waals surface area (Å²) in [4.78, 5) is 16.5. The first-order valence-electron chi connectivity index (χ1n) is 8.04. The molecule has 1 N–H and O–H groups in total. The van der Waals surface area contributed by atoms with Crippen LogP contribution < -0.4 is 15.1 Å². The number of hydrogen-bond acceptors (Lipinski definition) is 3. The van der Waals surface area contributed by atoms with E-state index in [0.717, 1.165) is 36.4 Å². The Morgan fingerprint density at radius 2 is 1.87 bits per heavy atom. The smallest absolute Gasteiger partial charge is 0.246 e. The van der Waals surface area contributed by atoms with E-state index in [1.54, 1.807) is 0 Å². The van der Waals surface area contributed by atoms with E-state index in [9.17, 15) is 4.79 Å². The number of benzene rings is 2. The molecule has 0 fully saturated rings. The topological polar surface area (TPSA) is 35.6 Å². The molecule has 0 spiro atoms. The van der Waals surface area contributed by atoms with Crippen LogP contribution in [0, 0.1) is 0 Å². The summed E-state index contributed by atoms with van der Waals surface area (Å²) in [6.45, 7) is 1.12. The fourth-order valence-corrected chi connectivity index (χ4v) is 2.94. The molecule has 3 rings (SSSR count). The summed E-state index contributed by atoms with van der Waals surface area (Å²) in [5, 5.41) is 3.23. The molecule has 4 nitrogen and oxygen atoms in total. The number of para-hydroxylation sites is 1. The number of rotatable bonds is 4. The molecule has 0 unspecified atom stereocenters. The second-order valence-electron chi connectivity index (χ2n) is 6.07. The summed E-state index contributed by atoms with van der Waals surface area (Å²) in [6.07, 6.45) is 2.08. The van der Waals surface area contributed by atoms with Gasteiger partial charge in [-0.25, -0.2) is 0 Å². The second-order valence-corrected chi connectivity index (χ2v) is 6.07. The van der Waals surface area contributed by atoms with E-state index in [4.69, 9.17) is 0 Å². The minimum absolute atomic E-state index is 0.119. The number of nitrogens with zero attached hydrogens (tertiary/aromatic N) is 2. The Bertz CT molecular complexity index is 679. The summed E-state index contributed by atoms with van der Waals surface area (Å²) in [5.74, 6) is 0.119. The van der Waals surface area contributed by atoms with E-state index in [1.807, 2.05) is 61.5 Å². The van der Waals surface area contributed by atoms with Crippen molar-refractivity contribution in [1.29, 1.82) is 0 Å². The fraction of sp³-hybridized carbons (Fsp3) is 0.316. The molecule has 1 aliphatic rings. The fourth-order valence-electron chi connectivity index (χ4n) is 2.94. The lowest BCUT2D eigenvalue weighted by molar-refractivity contribution is -0.117. The Morgan fingerprint density at radius 3 is 2.61 bits per heavy atom. The van der Waals surface area contributed by atoms with E-state index in [2.05, 4.69) is 16.3 Å². The molecule has 0 aromatic heterocycles. The van der Waals surface area contributed by atoms with Gasteiger partial charge in [0.25, 0.3) is 0 Å². The lowest BCUT2D eigenvalue weighted by Crippen LogP contribution is -2.39. The van der Waals surface area contributed by atoms with Crippen LogP contribution in [0.4, 0.5) is 17.1 Å². The second kappa shape index (κ2) is 6.73. The van der Waals surface area contributed by atoms with Gasteiger partial charge in [0, 0.05) is 37.7 Å². The summed E-state index contributed by atoms with van der Waals surface area (Å²) >= 11 is 0. The van der Waals surface area contributed by atoms with Gasteiger partial charge in [-0.05, 0) is 48.7 Å². The molecule has 0 aliphatic carbocycles. The van der Waals surface area contributed by atoms with Crippen molar-refractivity contribution in [2.45, 2.75) is 12.8 Å². The maximum absolute atomic E-state index is 12.6. The van der Waals surface area contributed by atoms with E-state index < -0.39 is 0 Å². The number of carbonyl (C=O) groups is 1. The van der Waals surface area contributed by atoms with Crippen LogP contribution in [-0.4, -0.2) is 33.1 Å². The quantitative estimate of drug-likeness (QED) is 0.942. The Labute approximate surface area is 137 Å². The van der Waals surface area contributed by atoms with E-state index >= 15 is 0 Å². The predicted molar refractivity (Wildman–Crippen MR) is 96.4 cm³/mol. The van der Waals surface area contributed by atoms with E-state index in [0.29, 0.717) is 6.54 Å². The van der Waals surface area contributed by atoms with Crippen molar-refractivity contribution < 1.29 is 4.79 Å². The zero-order valence-corrected chi connectivity index (χ0v) is 13.7. The van der Waals surface area contributed by atoms with Gasteiger partial charge in [-0.2, -0.15) is 0 Å². The van der Waals surface area contributed by atoms with Gasteiger partial charge in [-0.3, -0.25) is 4.79 Å². The highest BCUT2D eigenvalue weighted by Gasteiger charge is 2.21. The van der Waals surface area contributed by atoms with Crippen molar-refractivity contribution in [3.8, 4) is 0 Å². The van der Waals surface area contributed by atoms with Crippen molar-refractivity contribution in [2.75, 3.05) is 42.3 Å². The summed E-state index contributed by atoms with van der Waals surface area (Å²) in [6, 6.07) is 16.3. The predicted octanol–water partition coefficient (Wildman–Crippen LogP) is 3.14. The van der Waals surface area contributed by atoms with Crippen LogP contribution in [0.25, 0.3) is 0 Å². The molecule has 23 heavy (non-hydrogen) atoms. The molecule has 0 saturated carbocycles. The normalized spacial score (nSPS) is 13.4. The first-order valence-corrected chi connectivity index (χ1v) is 8.04. The lowest BCUT2D eigenvalue weighted by atomic mass is 10.0. The van der Waals surface area contributed by atoms with Crippen LogP contribution in [0.3, 0.4) is 0 Å². The molecule has 0 radical (unpaired) electrons. The van der Waals surface area contributed by atoms with Crippen LogP contribution in [0.5, 0.6) is 0 Å². The first kappa shape index (κ1) is 15.4. The monoisotopic (exact) mass is 309 g/mol. The van der Waals surface area contributed by atoms with Crippen molar-refractivity contribution >= 4 is 23.0 Å². The highest BCUT2D eigenvalue weighted by molar-refractivity contribution is 5.97. The molecule has 2 aromatic rings. The molecular formula is C19H23N3O. The molecule has 2 aromatic carbocycles.